The molecule has 1 unspecified atom stereocenters. The van der Waals surface area contributed by atoms with Crippen molar-refractivity contribution < 1.29 is 4.79 Å². The molecule has 0 saturated carbocycles. The molecule has 0 aromatic heterocycles. The second-order valence-electron chi connectivity index (χ2n) is 4.04. The van der Waals surface area contributed by atoms with Crippen LogP contribution in [0.25, 0.3) is 0 Å². The predicted molar refractivity (Wildman–Crippen MR) is 65.3 cm³/mol. The molecular formula is C8H15NOS2Si. The Morgan fingerprint density at radius 2 is 2.23 bits per heavy atom. The fourth-order valence-corrected chi connectivity index (χ4v) is 7.24. The Morgan fingerprint density at radius 3 is 2.62 bits per heavy atom. The zero-order chi connectivity index (χ0) is 10.1. The molecule has 0 aromatic rings. The summed E-state index contributed by atoms with van der Waals surface area (Å²) >= 11 is 3.53. The normalized spacial score (nSPS) is 23.1. The van der Waals surface area contributed by atoms with Crippen LogP contribution < -0.4 is 0 Å². The molecule has 0 aromatic carbocycles. The molecule has 5 heteroatoms. The fraction of sp³-hybridized carbons (Fsp3) is 0.750. The predicted octanol–water partition coefficient (Wildman–Crippen LogP) is 2.61. The van der Waals surface area contributed by atoms with Crippen LogP contribution in [-0.2, 0) is 4.79 Å². The van der Waals surface area contributed by atoms with Gasteiger partial charge in [0, 0.05) is 0 Å². The second kappa shape index (κ2) is 4.19. The lowest BCUT2D eigenvalue weighted by Gasteiger charge is -2.14. The molecule has 0 fully saturated rings. The summed E-state index contributed by atoms with van der Waals surface area (Å²) in [6.45, 7) is 9.22. The molecule has 0 amide bonds. The Morgan fingerprint density at radius 1 is 1.62 bits per heavy atom. The van der Waals surface area contributed by atoms with Gasteiger partial charge < -0.3 is 0 Å². The maximum absolute atomic E-state index is 11.1. The first-order valence-electron chi connectivity index (χ1n) is 4.29. The van der Waals surface area contributed by atoms with Crippen molar-refractivity contribution in [1.29, 1.82) is 0 Å². The van der Waals surface area contributed by atoms with Crippen molar-refractivity contribution >= 4 is 40.4 Å². The van der Waals surface area contributed by atoms with Gasteiger partial charge in [-0.05, 0) is 6.92 Å². The molecule has 1 aliphatic heterocycles. The van der Waals surface area contributed by atoms with Gasteiger partial charge in [-0.3, -0.25) is 9.79 Å². The number of hydrogen-bond donors (Lipinski definition) is 0. The molecule has 13 heavy (non-hydrogen) atoms. The van der Waals surface area contributed by atoms with Crippen molar-refractivity contribution in [2.24, 2.45) is 4.99 Å². The average molecular weight is 233 g/mol. The largest absolute Gasteiger partial charge is 0.299 e. The zero-order valence-corrected chi connectivity index (χ0v) is 11.1. The number of carbonyl (C=O) groups excluding carboxylic acids is 1. The van der Waals surface area contributed by atoms with E-state index in [1.807, 2.05) is 11.2 Å². The topological polar surface area (TPSA) is 29.4 Å². The van der Waals surface area contributed by atoms with E-state index in [1.165, 1.54) is 0 Å². The van der Waals surface area contributed by atoms with E-state index < -0.39 is 7.22 Å². The molecule has 0 bridgehead atoms. The summed E-state index contributed by atoms with van der Waals surface area (Å²) in [6, 6.07) is 0. The van der Waals surface area contributed by atoms with E-state index >= 15 is 0 Å². The van der Waals surface area contributed by atoms with Gasteiger partial charge in [0.1, 0.15) is 17.4 Å². The number of hydrogen-bond acceptors (Lipinski definition) is 4. The number of Topliss-reactive ketones (excluding diaryl/α,β-unsaturated/α-hetero) is 1. The van der Waals surface area contributed by atoms with E-state index in [0.717, 1.165) is 4.38 Å². The van der Waals surface area contributed by atoms with Crippen molar-refractivity contribution in [3.63, 3.8) is 0 Å². The summed E-state index contributed by atoms with van der Waals surface area (Å²) in [5.41, 5.74) is 0. The highest BCUT2D eigenvalue weighted by atomic mass is 32.4. The van der Waals surface area contributed by atoms with E-state index in [4.69, 9.17) is 0 Å². The van der Waals surface area contributed by atoms with Crippen molar-refractivity contribution in [3.8, 4) is 0 Å². The Hall–Kier alpha value is 0.257. The van der Waals surface area contributed by atoms with Crippen LogP contribution in [0.2, 0.25) is 19.6 Å². The summed E-state index contributed by atoms with van der Waals surface area (Å²) in [7, 11) is -1.13. The molecule has 74 valence electrons. The highest BCUT2D eigenvalue weighted by molar-refractivity contribution is 8.52. The first-order chi connectivity index (χ1) is 5.88. The molecule has 0 saturated heterocycles. The van der Waals surface area contributed by atoms with Gasteiger partial charge in [0.15, 0.2) is 0 Å². The van der Waals surface area contributed by atoms with Crippen molar-refractivity contribution in [3.05, 3.63) is 0 Å². The van der Waals surface area contributed by atoms with Gasteiger partial charge in [-0.1, -0.05) is 31.4 Å². The van der Waals surface area contributed by atoms with E-state index in [0.29, 0.717) is 6.54 Å². The minimum absolute atomic E-state index is 0.0962. The molecular weight excluding hydrogens is 218 g/mol. The van der Waals surface area contributed by atoms with Gasteiger partial charge in [0.2, 0.25) is 0 Å². The van der Waals surface area contributed by atoms with Crippen LogP contribution in [0.1, 0.15) is 6.92 Å². The van der Waals surface area contributed by atoms with Crippen molar-refractivity contribution in [2.75, 3.05) is 6.54 Å². The summed E-state index contributed by atoms with van der Waals surface area (Å²) < 4.78 is 1.12. The minimum Gasteiger partial charge on any atom is -0.299 e. The Bertz CT molecular complexity index is 247. The third-order valence-corrected chi connectivity index (χ3v) is 6.89. The van der Waals surface area contributed by atoms with Crippen LogP contribution in [0.15, 0.2) is 4.99 Å². The summed E-state index contributed by atoms with van der Waals surface area (Å²) in [5.74, 6) is 0.250. The molecule has 0 N–H and O–H groups in total. The monoisotopic (exact) mass is 233 g/mol. The smallest absolute Gasteiger partial charge is 0.145 e. The van der Waals surface area contributed by atoms with Crippen LogP contribution in [0.5, 0.6) is 0 Å². The molecule has 1 atom stereocenters. The maximum Gasteiger partial charge on any atom is 0.145 e. The number of thioether (sulfide) groups is 1. The van der Waals surface area contributed by atoms with Crippen LogP contribution >= 0.6 is 23.0 Å². The first kappa shape index (κ1) is 11.3. The highest BCUT2D eigenvalue weighted by Gasteiger charge is 2.27. The van der Waals surface area contributed by atoms with Gasteiger partial charge in [0.25, 0.3) is 0 Å². The highest BCUT2D eigenvalue weighted by Crippen LogP contribution is 2.33. The van der Waals surface area contributed by atoms with E-state index in [2.05, 4.69) is 24.6 Å². The van der Waals surface area contributed by atoms with E-state index in [9.17, 15) is 4.79 Å². The molecule has 1 aliphatic rings. The van der Waals surface area contributed by atoms with Gasteiger partial charge in [0.05, 0.1) is 11.8 Å². The molecule has 1 heterocycles. The standard InChI is InChI=1S/C8H15NOS2Si/c1-6(10)7-5-9-8(11-7)12-13(2,3)4/h7H,5H2,1-4H3. The van der Waals surface area contributed by atoms with Gasteiger partial charge >= 0.3 is 0 Å². The summed E-state index contributed by atoms with van der Waals surface area (Å²) in [4.78, 5) is 15.4. The van der Waals surface area contributed by atoms with Crippen LogP contribution in [0.4, 0.5) is 0 Å². The zero-order valence-electron chi connectivity index (χ0n) is 8.46. The molecule has 1 rings (SSSR count). The van der Waals surface area contributed by atoms with E-state index in [-0.39, 0.29) is 11.0 Å². The number of nitrogens with zero attached hydrogens (tertiary/aromatic N) is 1. The minimum atomic E-state index is -1.13. The maximum atomic E-state index is 11.1. The Balaban J connectivity index is 2.45. The summed E-state index contributed by atoms with van der Waals surface area (Å²) in [6.07, 6.45) is 0. The van der Waals surface area contributed by atoms with Gasteiger partial charge in [-0.25, -0.2) is 0 Å². The molecule has 0 spiro atoms. The van der Waals surface area contributed by atoms with Gasteiger partial charge in [-0.2, -0.15) is 0 Å². The number of aliphatic imine (C=N–C) groups is 1. The lowest BCUT2D eigenvalue weighted by Crippen LogP contribution is -2.17. The summed E-state index contributed by atoms with van der Waals surface area (Å²) in [5, 5.41) is 0.0962. The second-order valence-corrected chi connectivity index (χ2v) is 14.6. The lowest BCUT2D eigenvalue weighted by atomic mass is 10.3. The molecule has 0 radical (unpaired) electrons. The third kappa shape index (κ3) is 3.87. The Kier molecular flexibility index (Phi) is 3.65. The first-order valence-corrected chi connectivity index (χ1v) is 10.2. The number of carbonyl (C=O) groups is 1. The van der Waals surface area contributed by atoms with Crippen molar-refractivity contribution in [1.82, 2.24) is 0 Å². The van der Waals surface area contributed by atoms with Crippen LogP contribution in [0.3, 0.4) is 0 Å². The van der Waals surface area contributed by atoms with Crippen molar-refractivity contribution in [2.45, 2.75) is 31.8 Å². The molecule has 0 aliphatic carbocycles. The quantitative estimate of drug-likeness (QED) is 0.687. The number of ketones is 1. The van der Waals surface area contributed by atoms with Gasteiger partial charge in [-0.15, -0.1) is 11.2 Å². The van der Waals surface area contributed by atoms with Crippen LogP contribution in [0, 0.1) is 0 Å². The number of rotatable bonds is 2. The Labute approximate surface area is 88.6 Å². The third-order valence-electron chi connectivity index (χ3n) is 1.48. The SMILES string of the molecule is CC(=O)C1CN=C(S[Si](C)(C)C)S1. The molecule has 2 nitrogen and oxygen atoms in total. The van der Waals surface area contributed by atoms with Crippen LogP contribution in [-0.4, -0.2) is 29.2 Å². The average Bonchev–Trinajstić information content (AvgIpc) is 2.31. The fourth-order valence-electron chi connectivity index (χ4n) is 0.883. The lowest BCUT2D eigenvalue weighted by molar-refractivity contribution is -0.116. The van der Waals surface area contributed by atoms with E-state index in [1.54, 1.807) is 18.7 Å².